The first-order chi connectivity index (χ1) is 17.5. The summed E-state index contributed by atoms with van der Waals surface area (Å²) in [5.41, 5.74) is -3.96. The molecule has 0 saturated heterocycles. The molecule has 0 radical (unpaired) electrons. The zero-order chi connectivity index (χ0) is 28.3. The van der Waals surface area contributed by atoms with Gasteiger partial charge in [-0.25, -0.2) is 12.8 Å². The van der Waals surface area contributed by atoms with Crippen molar-refractivity contribution >= 4 is 21.4 Å². The third-order valence-electron chi connectivity index (χ3n) is 4.83. The Morgan fingerprint density at radius 2 is 1.71 bits per heavy atom. The summed E-state index contributed by atoms with van der Waals surface area (Å²) < 4.78 is 117. The minimum Gasteiger partial charge on any atom is -0.300 e. The Bertz CT molecular complexity index is 1490. The summed E-state index contributed by atoms with van der Waals surface area (Å²) in [7, 11) is -3.38. The fourth-order valence-corrected chi connectivity index (χ4v) is 3.80. The van der Waals surface area contributed by atoms with Gasteiger partial charge in [0.1, 0.15) is 11.7 Å². The fraction of sp³-hybridized carbons (Fsp3) is 0.261. The number of pyridine rings is 1. The van der Waals surface area contributed by atoms with E-state index in [1.807, 2.05) is 0 Å². The van der Waals surface area contributed by atoms with Gasteiger partial charge in [0.05, 0.1) is 41.5 Å². The van der Waals surface area contributed by atoms with Gasteiger partial charge in [0.15, 0.2) is 9.84 Å². The standard InChI is InChI=1S/C23H17F7N4O3S/c1-38(36,37)14-33-13-15(11-32-33)3-2-8-34(18-6-4-17(24)5-7-18)21(35)10-20-19(23(28,29)30)9-16(12-31-20)22(25,26)27/h4-7,9,11-13H,8,10,14H2,1H3. The van der Waals surface area contributed by atoms with Crippen LogP contribution in [0.15, 0.2) is 48.9 Å². The Kier molecular flexibility index (Phi) is 8.15. The van der Waals surface area contributed by atoms with Crippen LogP contribution >= 0.6 is 0 Å². The summed E-state index contributed by atoms with van der Waals surface area (Å²) in [6, 6.07) is 4.21. The van der Waals surface area contributed by atoms with Crippen molar-refractivity contribution < 1.29 is 43.9 Å². The summed E-state index contributed by atoms with van der Waals surface area (Å²) in [6.07, 6.45) is -7.56. The highest BCUT2D eigenvalue weighted by Gasteiger charge is 2.39. The number of rotatable bonds is 6. The van der Waals surface area contributed by atoms with E-state index in [0.717, 1.165) is 28.0 Å². The van der Waals surface area contributed by atoms with Gasteiger partial charge in [0.25, 0.3) is 0 Å². The lowest BCUT2D eigenvalue weighted by Gasteiger charge is -2.21. The number of nitrogens with zero attached hydrogens (tertiary/aromatic N) is 4. The smallest absolute Gasteiger partial charge is 0.300 e. The number of halogens is 7. The second-order valence-electron chi connectivity index (χ2n) is 7.97. The Labute approximate surface area is 211 Å². The highest BCUT2D eigenvalue weighted by Crippen LogP contribution is 2.36. The maximum absolute atomic E-state index is 13.5. The van der Waals surface area contributed by atoms with Crippen LogP contribution in [-0.4, -0.2) is 41.9 Å². The molecule has 0 bridgehead atoms. The van der Waals surface area contributed by atoms with Crippen LogP contribution in [0.2, 0.25) is 0 Å². The molecule has 202 valence electrons. The first-order valence-electron chi connectivity index (χ1n) is 10.4. The van der Waals surface area contributed by atoms with Crippen LogP contribution in [0, 0.1) is 17.7 Å². The Morgan fingerprint density at radius 1 is 1.05 bits per heavy atom. The molecule has 0 saturated carbocycles. The van der Waals surface area contributed by atoms with E-state index in [9.17, 15) is 43.9 Å². The third-order valence-corrected chi connectivity index (χ3v) is 5.56. The van der Waals surface area contributed by atoms with E-state index in [0.29, 0.717) is 0 Å². The first-order valence-corrected chi connectivity index (χ1v) is 12.5. The quantitative estimate of drug-likeness (QED) is 0.334. The predicted molar refractivity (Wildman–Crippen MR) is 121 cm³/mol. The number of sulfone groups is 1. The molecule has 15 heteroatoms. The number of hydrogen-bond acceptors (Lipinski definition) is 5. The van der Waals surface area contributed by atoms with Crippen LogP contribution in [0.25, 0.3) is 0 Å². The van der Waals surface area contributed by atoms with Crippen molar-refractivity contribution in [1.82, 2.24) is 14.8 Å². The summed E-state index contributed by atoms with van der Waals surface area (Å²) in [5.74, 6) is 3.16. The molecule has 0 aliphatic rings. The highest BCUT2D eigenvalue weighted by molar-refractivity contribution is 7.89. The minimum atomic E-state index is -5.23. The average molecular weight is 562 g/mol. The van der Waals surface area contributed by atoms with Crippen LogP contribution in [-0.2, 0) is 39.3 Å². The lowest BCUT2D eigenvalue weighted by Crippen LogP contribution is -2.33. The normalized spacial score (nSPS) is 12.1. The van der Waals surface area contributed by atoms with Crippen LogP contribution in [0.4, 0.5) is 36.4 Å². The Balaban J connectivity index is 1.90. The molecule has 2 heterocycles. The summed E-state index contributed by atoms with van der Waals surface area (Å²) in [4.78, 5) is 17.2. The number of carbonyl (C=O) groups is 1. The van der Waals surface area contributed by atoms with Gasteiger partial charge in [-0.05, 0) is 30.3 Å². The molecule has 0 fully saturated rings. The van der Waals surface area contributed by atoms with Gasteiger partial charge in [-0.3, -0.25) is 14.5 Å². The van der Waals surface area contributed by atoms with E-state index in [2.05, 4.69) is 21.9 Å². The zero-order valence-corrected chi connectivity index (χ0v) is 20.1. The number of carbonyl (C=O) groups excluding carboxylic acids is 1. The minimum absolute atomic E-state index is 0.0546. The molecule has 2 aromatic heterocycles. The number of benzene rings is 1. The van der Waals surface area contributed by atoms with E-state index < -0.39 is 69.6 Å². The molecule has 0 spiro atoms. The molecular formula is C23H17F7N4O3S. The van der Waals surface area contributed by atoms with Crippen LogP contribution in [0.3, 0.4) is 0 Å². The maximum atomic E-state index is 13.5. The molecule has 38 heavy (non-hydrogen) atoms. The van der Waals surface area contributed by atoms with Crippen LogP contribution in [0.5, 0.6) is 0 Å². The molecule has 1 amide bonds. The molecule has 7 nitrogen and oxygen atoms in total. The number of alkyl halides is 6. The molecule has 0 atom stereocenters. The summed E-state index contributed by atoms with van der Waals surface area (Å²) in [5, 5.41) is 3.83. The van der Waals surface area contributed by atoms with Gasteiger partial charge in [0.2, 0.25) is 5.91 Å². The highest BCUT2D eigenvalue weighted by atomic mass is 32.2. The van der Waals surface area contributed by atoms with E-state index in [1.165, 1.54) is 24.5 Å². The molecule has 0 N–H and O–H groups in total. The molecule has 3 rings (SSSR count). The van der Waals surface area contributed by atoms with Crippen molar-refractivity contribution in [2.24, 2.45) is 0 Å². The Hall–Kier alpha value is -3.93. The molecule has 1 aromatic carbocycles. The maximum Gasteiger partial charge on any atom is 0.418 e. The molecule has 0 aliphatic heterocycles. The Morgan fingerprint density at radius 3 is 2.29 bits per heavy atom. The largest absolute Gasteiger partial charge is 0.418 e. The van der Waals surface area contributed by atoms with E-state index in [1.54, 1.807) is 0 Å². The van der Waals surface area contributed by atoms with Gasteiger partial charge in [0, 0.05) is 24.3 Å². The van der Waals surface area contributed by atoms with Gasteiger partial charge in [-0.1, -0.05) is 11.8 Å². The monoisotopic (exact) mass is 562 g/mol. The molecular weight excluding hydrogens is 545 g/mol. The van der Waals surface area contributed by atoms with E-state index in [4.69, 9.17) is 0 Å². The topological polar surface area (TPSA) is 85.2 Å². The number of aromatic nitrogens is 3. The van der Waals surface area contributed by atoms with Crippen molar-refractivity contribution in [3.8, 4) is 11.8 Å². The van der Waals surface area contributed by atoms with Crippen molar-refractivity contribution in [3.63, 3.8) is 0 Å². The molecule has 0 aliphatic carbocycles. The van der Waals surface area contributed by atoms with Gasteiger partial charge in [-0.15, -0.1) is 0 Å². The summed E-state index contributed by atoms with van der Waals surface area (Å²) in [6.45, 7) is -0.413. The third kappa shape index (κ3) is 7.78. The van der Waals surface area contributed by atoms with Crippen molar-refractivity contribution in [2.75, 3.05) is 17.7 Å². The lowest BCUT2D eigenvalue weighted by atomic mass is 10.1. The van der Waals surface area contributed by atoms with Crippen LogP contribution in [0.1, 0.15) is 22.4 Å². The summed E-state index contributed by atoms with van der Waals surface area (Å²) >= 11 is 0. The van der Waals surface area contributed by atoms with Gasteiger partial charge >= 0.3 is 12.4 Å². The fourth-order valence-electron chi connectivity index (χ4n) is 3.18. The van der Waals surface area contributed by atoms with Gasteiger partial charge < -0.3 is 4.90 Å². The number of amides is 1. The molecule has 3 aromatic rings. The van der Waals surface area contributed by atoms with Crippen molar-refractivity contribution in [1.29, 1.82) is 0 Å². The average Bonchev–Trinajstić information content (AvgIpc) is 3.21. The van der Waals surface area contributed by atoms with E-state index in [-0.39, 0.29) is 23.5 Å². The molecule has 0 unspecified atom stereocenters. The zero-order valence-electron chi connectivity index (χ0n) is 19.3. The number of anilines is 1. The second-order valence-corrected chi connectivity index (χ2v) is 10.1. The predicted octanol–water partition coefficient (Wildman–Crippen LogP) is 4.08. The SMILES string of the molecule is CS(=O)(=O)Cn1cc(C#CCN(C(=O)Cc2ncc(C(F)(F)F)cc2C(F)(F)F)c2ccc(F)cc2)cn1. The van der Waals surface area contributed by atoms with E-state index >= 15 is 0 Å². The lowest BCUT2D eigenvalue weighted by molar-refractivity contribution is -0.143. The van der Waals surface area contributed by atoms with Gasteiger partial charge in [-0.2, -0.15) is 31.4 Å². The number of hydrogen-bond donors (Lipinski definition) is 0. The van der Waals surface area contributed by atoms with Crippen molar-refractivity contribution in [3.05, 3.63) is 77.1 Å². The van der Waals surface area contributed by atoms with Crippen molar-refractivity contribution in [2.45, 2.75) is 24.7 Å². The first kappa shape index (κ1) is 28.6. The van der Waals surface area contributed by atoms with Crippen LogP contribution < -0.4 is 4.90 Å². The second kappa shape index (κ2) is 10.8.